The number of hydrogen-bond acceptors (Lipinski definition) is 2. The lowest BCUT2D eigenvalue weighted by molar-refractivity contribution is -0.132. The van der Waals surface area contributed by atoms with E-state index >= 15 is 0 Å². The molecule has 5 nitrogen and oxygen atoms in total. The normalized spacial score (nSPS) is 11.0. The third-order valence-corrected chi connectivity index (χ3v) is 4.18. The summed E-state index contributed by atoms with van der Waals surface area (Å²) in [4.78, 5) is 25.1. The molecule has 0 aliphatic rings. The zero-order chi connectivity index (χ0) is 17.3. The summed E-state index contributed by atoms with van der Waals surface area (Å²) < 4.78 is 2.26. The fourth-order valence-electron chi connectivity index (χ4n) is 2.97. The molecule has 3 aromatic rings. The van der Waals surface area contributed by atoms with Gasteiger partial charge in [0.2, 0.25) is 11.8 Å². The number of fused-ring (bicyclic) bond motifs is 3. The van der Waals surface area contributed by atoms with Gasteiger partial charge >= 0.3 is 0 Å². The molecule has 124 valence electrons. The molecule has 2 amide bonds. The summed E-state index contributed by atoms with van der Waals surface area (Å²) in [5.41, 5.74) is 3.03. The van der Waals surface area contributed by atoms with Crippen molar-refractivity contribution in [2.45, 2.75) is 19.9 Å². The largest absolute Gasteiger partial charge is 0.348 e. The summed E-state index contributed by atoms with van der Waals surface area (Å²) in [6.45, 7) is 3.00. The Kier molecular flexibility index (Phi) is 4.25. The molecule has 0 atom stereocenters. The molecular weight excluding hydrogens is 302 g/mol. The number of benzene rings is 2. The van der Waals surface area contributed by atoms with E-state index in [0.29, 0.717) is 5.69 Å². The molecule has 0 aliphatic carbocycles. The highest BCUT2D eigenvalue weighted by Gasteiger charge is 2.13. The molecule has 0 fully saturated rings. The Morgan fingerprint density at radius 2 is 1.75 bits per heavy atom. The highest BCUT2D eigenvalue weighted by Crippen LogP contribution is 2.30. The lowest BCUT2D eigenvalue weighted by Crippen LogP contribution is -2.27. The van der Waals surface area contributed by atoms with Crippen molar-refractivity contribution in [1.82, 2.24) is 9.47 Å². The van der Waals surface area contributed by atoms with Crippen molar-refractivity contribution in [2.24, 2.45) is 0 Å². The monoisotopic (exact) mass is 323 g/mol. The van der Waals surface area contributed by atoms with Crippen LogP contribution in [0.4, 0.5) is 5.69 Å². The summed E-state index contributed by atoms with van der Waals surface area (Å²) >= 11 is 0. The standard InChI is InChI=1S/C19H21N3O2/c1-4-22-16-8-6-5-7-14(16)15-11-13(9-10-17(15)22)20-18(23)12-19(24)21(2)3/h5-11H,4,12H2,1-3H3,(H,20,23). The lowest BCUT2D eigenvalue weighted by Gasteiger charge is -2.10. The first-order valence-electron chi connectivity index (χ1n) is 8.02. The van der Waals surface area contributed by atoms with Crippen LogP contribution in [-0.4, -0.2) is 35.4 Å². The van der Waals surface area contributed by atoms with Crippen LogP contribution in [0, 0.1) is 0 Å². The number of aryl methyl sites for hydroxylation is 1. The highest BCUT2D eigenvalue weighted by atomic mass is 16.2. The predicted molar refractivity (Wildman–Crippen MR) is 97.1 cm³/mol. The molecule has 0 unspecified atom stereocenters. The summed E-state index contributed by atoms with van der Waals surface area (Å²) in [6.07, 6.45) is -0.151. The minimum atomic E-state index is -0.299. The van der Waals surface area contributed by atoms with Gasteiger partial charge in [0.1, 0.15) is 6.42 Å². The second-order valence-electron chi connectivity index (χ2n) is 6.01. The smallest absolute Gasteiger partial charge is 0.233 e. The Morgan fingerprint density at radius 1 is 1.04 bits per heavy atom. The van der Waals surface area contributed by atoms with Crippen LogP contribution in [-0.2, 0) is 16.1 Å². The SMILES string of the molecule is CCn1c2ccccc2c2cc(NC(=O)CC(=O)N(C)C)ccc21. The number of amides is 2. The van der Waals surface area contributed by atoms with E-state index in [9.17, 15) is 9.59 Å². The van der Waals surface area contributed by atoms with Gasteiger partial charge in [-0.3, -0.25) is 9.59 Å². The van der Waals surface area contributed by atoms with Gasteiger partial charge in [-0.2, -0.15) is 0 Å². The quantitative estimate of drug-likeness (QED) is 0.750. The number of nitrogens with one attached hydrogen (secondary N) is 1. The molecule has 0 radical (unpaired) electrons. The van der Waals surface area contributed by atoms with Crippen LogP contribution in [0.1, 0.15) is 13.3 Å². The van der Waals surface area contributed by atoms with Gasteiger partial charge in [0, 0.05) is 48.1 Å². The number of hydrogen-bond donors (Lipinski definition) is 1. The molecule has 1 aromatic heterocycles. The minimum absolute atomic E-state index is 0.151. The first-order valence-corrected chi connectivity index (χ1v) is 8.02. The molecule has 1 N–H and O–H groups in total. The van der Waals surface area contributed by atoms with E-state index in [1.807, 2.05) is 30.3 Å². The molecule has 24 heavy (non-hydrogen) atoms. The second-order valence-corrected chi connectivity index (χ2v) is 6.01. The van der Waals surface area contributed by atoms with Gasteiger partial charge < -0.3 is 14.8 Å². The number of anilines is 1. The highest BCUT2D eigenvalue weighted by molar-refractivity contribution is 6.10. The van der Waals surface area contributed by atoms with E-state index in [0.717, 1.165) is 22.8 Å². The minimum Gasteiger partial charge on any atom is -0.348 e. The van der Waals surface area contributed by atoms with Gasteiger partial charge in [-0.25, -0.2) is 0 Å². The number of rotatable bonds is 4. The fourth-order valence-corrected chi connectivity index (χ4v) is 2.97. The number of nitrogens with zero attached hydrogens (tertiary/aromatic N) is 2. The van der Waals surface area contributed by atoms with Gasteiger partial charge in [-0.1, -0.05) is 18.2 Å². The molecule has 0 spiro atoms. The average Bonchev–Trinajstić information content (AvgIpc) is 2.87. The van der Waals surface area contributed by atoms with Gasteiger partial charge in [0.25, 0.3) is 0 Å². The first kappa shape index (κ1) is 16.1. The van der Waals surface area contributed by atoms with E-state index in [2.05, 4.69) is 28.9 Å². The topological polar surface area (TPSA) is 54.3 Å². The maximum atomic E-state index is 12.0. The molecular formula is C19H21N3O2. The molecule has 2 aromatic carbocycles. The van der Waals surface area contributed by atoms with Crippen molar-refractivity contribution in [3.63, 3.8) is 0 Å². The van der Waals surface area contributed by atoms with E-state index in [-0.39, 0.29) is 18.2 Å². The van der Waals surface area contributed by atoms with E-state index < -0.39 is 0 Å². The third-order valence-electron chi connectivity index (χ3n) is 4.18. The summed E-state index contributed by atoms with van der Waals surface area (Å²) in [6, 6.07) is 14.1. The lowest BCUT2D eigenvalue weighted by atomic mass is 10.1. The van der Waals surface area contributed by atoms with Crippen molar-refractivity contribution < 1.29 is 9.59 Å². The Hall–Kier alpha value is -2.82. The van der Waals surface area contributed by atoms with Gasteiger partial charge in [0.05, 0.1) is 0 Å². The maximum absolute atomic E-state index is 12.0. The molecule has 0 bridgehead atoms. The van der Waals surface area contributed by atoms with E-state index in [1.54, 1.807) is 14.1 Å². The molecule has 3 rings (SSSR count). The van der Waals surface area contributed by atoms with Crippen molar-refractivity contribution in [1.29, 1.82) is 0 Å². The number of carbonyl (C=O) groups excluding carboxylic acids is 2. The Bertz CT molecular complexity index is 925. The van der Waals surface area contributed by atoms with Crippen LogP contribution in [0.25, 0.3) is 21.8 Å². The maximum Gasteiger partial charge on any atom is 0.233 e. The third kappa shape index (κ3) is 2.85. The van der Waals surface area contributed by atoms with Crippen molar-refractivity contribution in [3.05, 3.63) is 42.5 Å². The second kappa shape index (κ2) is 6.35. The van der Waals surface area contributed by atoms with Crippen LogP contribution in [0.2, 0.25) is 0 Å². The van der Waals surface area contributed by atoms with Crippen molar-refractivity contribution in [3.8, 4) is 0 Å². The molecule has 5 heteroatoms. The molecule has 0 saturated carbocycles. The Balaban J connectivity index is 1.95. The van der Waals surface area contributed by atoms with Crippen LogP contribution >= 0.6 is 0 Å². The summed E-state index contributed by atoms with van der Waals surface area (Å²) in [5, 5.41) is 5.08. The first-order chi connectivity index (χ1) is 11.5. The molecule has 0 aliphatic heterocycles. The molecule has 0 saturated heterocycles. The van der Waals surface area contributed by atoms with Crippen molar-refractivity contribution >= 4 is 39.3 Å². The van der Waals surface area contributed by atoms with Gasteiger partial charge in [-0.15, -0.1) is 0 Å². The van der Waals surface area contributed by atoms with E-state index in [1.165, 1.54) is 10.4 Å². The summed E-state index contributed by atoms with van der Waals surface area (Å²) in [7, 11) is 3.28. The van der Waals surface area contributed by atoms with E-state index in [4.69, 9.17) is 0 Å². The average molecular weight is 323 g/mol. The summed E-state index contributed by atoms with van der Waals surface area (Å²) in [5.74, 6) is -0.511. The zero-order valence-corrected chi connectivity index (χ0v) is 14.2. The number of para-hydroxylation sites is 1. The van der Waals surface area contributed by atoms with Crippen LogP contribution in [0.15, 0.2) is 42.5 Å². The zero-order valence-electron chi connectivity index (χ0n) is 14.2. The van der Waals surface area contributed by atoms with Gasteiger partial charge in [-0.05, 0) is 31.2 Å². The fraction of sp³-hybridized carbons (Fsp3) is 0.263. The van der Waals surface area contributed by atoms with Gasteiger partial charge in [0.15, 0.2) is 0 Å². The van der Waals surface area contributed by atoms with Crippen molar-refractivity contribution in [2.75, 3.05) is 19.4 Å². The predicted octanol–water partition coefficient (Wildman–Crippen LogP) is 3.23. The Labute approximate surface area is 140 Å². The number of carbonyl (C=O) groups is 2. The van der Waals surface area contributed by atoms with Crippen LogP contribution in [0.5, 0.6) is 0 Å². The van der Waals surface area contributed by atoms with Crippen LogP contribution in [0.3, 0.4) is 0 Å². The van der Waals surface area contributed by atoms with Crippen LogP contribution < -0.4 is 5.32 Å². The number of aromatic nitrogens is 1. The Morgan fingerprint density at radius 3 is 2.46 bits per heavy atom. The molecule has 1 heterocycles.